The van der Waals surface area contributed by atoms with Gasteiger partial charge in [-0.3, -0.25) is 19.2 Å². The number of rotatable bonds is 30. The van der Waals surface area contributed by atoms with Gasteiger partial charge >= 0.3 is 68.9 Å². The number of hydrogen-bond donors (Lipinski definition) is 0. The third-order valence-electron chi connectivity index (χ3n) is 10.6. The average molecular weight is 1370 g/mol. The van der Waals surface area contributed by atoms with Gasteiger partial charge in [0, 0.05) is 0 Å². The predicted octanol–water partition coefficient (Wildman–Crippen LogP) is 6.94. The molecular weight excluding hydrogens is 1290 g/mol. The summed E-state index contributed by atoms with van der Waals surface area (Å²) in [5, 5.41) is -21.4. The van der Waals surface area contributed by atoms with E-state index in [9.17, 15) is 129 Å². The first kappa shape index (κ1) is 97.5. The molecule has 0 aliphatic heterocycles. The van der Waals surface area contributed by atoms with E-state index in [2.05, 4.69) is 33.2 Å². The summed E-state index contributed by atoms with van der Waals surface area (Å²) in [6.07, 6.45) is -3.41. The topological polar surface area (TPSA) is 422 Å². The number of halogens is 10. The summed E-state index contributed by atoms with van der Waals surface area (Å²) in [5.74, 6) is -10.1. The third-order valence-corrected chi connectivity index (χ3v) is 13.8. The number of carbonyl (C=O) groups is 7. The summed E-state index contributed by atoms with van der Waals surface area (Å²) in [5.41, 5.74) is -3.23. The highest BCUT2D eigenvalue weighted by Crippen LogP contribution is 2.39. The Bertz CT molecular complexity index is 2610. The van der Waals surface area contributed by atoms with Crippen molar-refractivity contribution in [2.45, 2.75) is 178 Å². The number of unbranched alkanes of at least 4 members (excludes halogenated alkanes) is 1. The van der Waals surface area contributed by atoms with Gasteiger partial charge in [-0.2, -0.15) is 43.9 Å². The van der Waals surface area contributed by atoms with E-state index in [1.165, 1.54) is 27.7 Å². The minimum absolute atomic E-state index is 0. The van der Waals surface area contributed by atoms with Gasteiger partial charge < -0.3 is 56.1 Å². The minimum atomic E-state index is -6.61. The SMILES string of the molecule is C.C.C.C.CCC(C)(C)C(=O)OCCCCOC(=O)C(F)(F)S(=O)(=O)[O-].CCC(C)(C)C(=O)OCCOC(=O)C(F)(F)S(=O)(=O)[O-].CCC(C)(C)C(=O)OCCOC(F)(F)C(F)(F)S(=O)(=O)[O-].CCC(C)(C)C(=O)OCOC(=O)C(F)(F)S(=O)(=O)[O-]. The largest absolute Gasteiger partial charge is 0.743 e. The highest BCUT2D eigenvalue weighted by Gasteiger charge is 2.63. The summed E-state index contributed by atoms with van der Waals surface area (Å²) < 4.78 is 282. The molecule has 0 N–H and O–H groups in total. The van der Waals surface area contributed by atoms with Crippen LogP contribution in [-0.4, -0.2) is 167 Å². The summed E-state index contributed by atoms with van der Waals surface area (Å²) in [7, 11) is -25.0. The van der Waals surface area contributed by atoms with Crippen molar-refractivity contribution in [3.8, 4) is 0 Å². The van der Waals surface area contributed by atoms with Gasteiger partial charge in [0.05, 0.1) is 41.5 Å². The van der Waals surface area contributed by atoms with Crippen LogP contribution in [0.25, 0.3) is 0 Å². The Morgan fingerprint density at radius 1 is 0.326 bits per heavy atom. The zero-order valence-corrected chi connectivity index (χ0v) is 48.9. The quantitative estimate of drug-likeness (QED) is 0.0175. The Kier molecular flexibility index (Phi) is 43.0. The van der Waals surface area contributed by atoms with Crippen LogP contribution in [0.15, 0.2) is 0 Å². The zero-order chi connectivity index (χ0) is 66.4. The maximum atomic E-state index is 12.8. The molecule has 0 heterocycles. The average Bonchev–Trinajstić information content (AvgIpc) is 3.33. The molecule has 27 nitrogen and oxygen atoms in total. The monoisotopic (exact) mass is 1370 g/mol. The molecule has 0 atom stereocenters. The van der Waals surface area contributed by atoms with Gasteiger partial charge in [0.25, 0.3) is 0 Å². The molecule has 0 radical (unpaired) electrons. The Labute approximate surface area is 494 Å². The van der Waals surface area contributed by atoms with E-state index in [4.69, 9.17) is 4.74 Å². The lowest BCUT2D eigenvalue weighted by Crippen LogP contribution is -2.49. The van der Waals surface area contributed by atoms with Crippen LogP contribution in [0.1, 0.15) is 151 Å². The maximum absolute atomic E-state index is 12.8. The molecule has 0 amide bonds. The standard InChI is InChI=1S/C12H20F2O7S.C10H16F4O6S.C10H16F2O7S.C9H14F2O7S.4CH4/c1-4-11(2,3)9(15)20-7-5-6-8-21-10(16)12(13,14)22(17,18)19;1-4-8(2,3)7(15)19-5-6-20-9(11,12)10(13,14)21(16,17)18;1-4-9(2,3)7(13)18-5-6-19-8(14)10(11,12)20(15,16)17;1-4-8(2,3)6(12)17-5-18-7(13)9(10,11)19(14,15)16;;;;/h4-8H2,1-3H3,(H,17,18,19);4-6H2,1-3H3,(H,16,17,18);4-6H2,1-3H3,(H,15,16,17);4-5H2,1-3H3,(H,14,15,16);4*1H4/p-4. The van der Waals surface area contributed by atoms with Gasteiger partial charge in [-0.25, -0.2) is 48.1 Å². The molecule has 0 saturated carbocycles. The van der Waals surface area contributed by atoms with Crippen LogP contribution in [0.5, 0.6) is 0 Å². The Morgan fingerprint density at radius 3 is 0.767 bits per heavy atom. The van der Waals surface area contributed by atoms with Crippen molar-refractivity contribution in [3.05, 3.63) is 0 Å². The van der Waals surface area contributed by atoms with Crippen LogP contribution in [-0.2, 0) is 112 Å². The molecule has 0 unspecified atom stereocenters. The van der Waals surface area contributed by atoms with Gasteiger partial charge in [-0.05, 0) is 93.9 Å². The molecule has 0 aromatic carbocycles. The van der Waals surface area contributed by atoms with E-state index in [1.807, 2.05) is 6.92 Å². The second-order valence-electron chi connectivity index (χ2n) is 18.6. The van der Waals surface area contributed by atoms with Crippen LogP contribution in [0.4, 0.5) is 43.9 Å². The first-order valence-corrected chi connectivity index (χ1v) is 28.5. The Balaban J connectivity index is -0.000000155. The summed E-state index contributed by atoms with van der Waals surface area (Å²) in [6.45, 7) is 14.6. The number of esters is 7. The van der Waals surface area contributed by atoms with Crippen molar-refractivity contribution in [1.29, 1.82) is 0 Å². The van der Waals surface area contributed by atoms with Crippen molar-refractivity contribution in [3.63, 3.8) is 0 Å². The van der Waals surface area contributed by atoms with Crippen LogP contribution < -0.4 is 0 Å². The third kappa shape index (κ3) is 31.4. The lowest BCUT2D eigenvalue weighted by molar-refractivity contribution is -0.320. The highest BCUT2D eigenvalue weighted by molar-refractivity contribution is 7.88. The van der Waals surface area contributed by atoms with Crippen LogP contribution in [0.3, 0.4) is 0 Å². The Morgan fingerprint density at radius 2 is 0.523 bits per heavy atom. The molecule has 518 valence electrons. The lowest BCUT2D eigenvalue weighted by atomic mass is 9.91. The molecule has 0 spiro atoms. The smallest absolute Gasteiger partial charge is 0.433 e. The summed E-state index contributed by atoms with van der Waals surface area (Å²) in [6, 6.07) is 0. The summed E-state index contributed by atoms with van der Waals surface area (Å²) >= 11 is 0. The van der Waals surface area contributed by atoms with Gasteiger partial charge in [-0.15, -0.1) is 0 Å². The van der Waals surface area contributed by atoms with Crippen LogP contribution >= 0.6 is 0 Å². The normalized spacial score (nSPS) is 12.6. The van der Waals surface area contributed by atoms with Gasteiger partial charge in [0.15, 0.2) is 40.5 Å². The first-order valence-electron chi connectivity index (χ1n) is 22.8. The molecule has 0 fully saturated rings. The lowest BCUT2D eigenvalue weighted by Gasteiger charge is -2.27. The maximum Gasteiger partial charge on any atom is 0.433 e. The van der Waals surface area contributed by atoms with Crippen molar-refractivity contribution >= 4 is 82.3 Å². The van der Waals surface area contributed by atoms with Crippen LogP contribution in [0, 0.1) is 21.7 Å². The number of carbonyl (C=O) groups excluding carboxylic acids is 7. The van der Waals surface area contributed by atoms with E-state index in [0.29, 0.717) is 25.7 Å². The molecule has 86 heavy (non-hydrogen) atoms. The number of ether oxygens (including phenoxy) is 8. The molecule has 0 bridgehead atoms. The molecule has 41 heteroatoms. The highest BCUT2D eigenvalue weighted by atomic mass is 32.2. The van der Waals surface area contributed by atoms with E-state index >= 15 is 0 Å². The fraction of sp³-hybridized carbons (Fsp3) is 0.844. The zero-order valence-electron chi connectivity index (χ0n) is 45.6. The van der Waals surface area contributed by atoms with E-state index in [0.717, 1.165) is 0 Å². The fourth-order valence-electron chi connectivity index (χ4n) is 3.39. The van der Waals surface area contributed by atoms with Gasteiger partial charge in [-0.1, -0.05) is 57.4 Å². The van der Waals surface area contributed by atoms with E-state index in [-0.39, 0.29) is 49.2 Å². The fourth-order valence-corrected chi connectivity index (χ4v) is 4.53. The molecule has 0 rings (SSSR count). The predicted molar refractivity (Wildman–Crippen MR) is 274 cm³/mol. The number of alkyl halides is 10. The van der Waals surface area contributed by atoms with Gasteiger partial charge in [0.1, 0.15) is 19.8 Å². The van der Waals surface area contributed by atoms with E-state index in [1.54, 1.807) is 48.5 Å². The van der Waals surface area contributed by atoms with Crippen molar-refractivity contribution in [1.82, 2.24) is 0 Å². The molecule has 0 aliphatic rings. The van der Waals surface area contributed by atoms with E-state index < -0.39 is 171 Å². The van der Waals surface area contributed by atoms with Crippen molar-refractivity contribution in [2.75, 3.05) is 46.4 Å². The molecule has 0 aliphatic carbocycles. The molecular formula is C45H78F10O27S4-4. The Hall–Kier alpha value is -4.81. The first-order chi connectivity index (χ1) is 36.3. The molecule has 0 saturated heterocycles. The van der Waals surface area contributed by atoms with Crippen LogP contribution in [0.2, 0.25) is 0 Å². The second-order valence-corrected chi connectivity index (χ2v) is 24.3. The van der Waals surface area contributed by atoms with Crippen molar-refractivity contribution < 1.29 is 167 Å². The van der Waals surface area contributed by atoms with Crippen molar-refractivity contribution in [2.24, 2.45) is 21.7 Å². The summed E-state index contributed by atoms with van der Waals surface area (Å²) in [4.78, 5) is 77.9. The molecule has 0 aromatic heterocycles. The molecule has 0 aromatic rings. The minimum Gasteiger partial charge on any atom is -0.743 e. The number of hydrogen-bond acceptors (Lipinski definition) is 27. The van der Waals surface area contributed by atoms with Gasteiger partial charge in [0.2, 0.25) is 6.79 Å². The second kappa shape index (κ2) is 37.9.